The Morgan fingerprint density at radius 2 is 1.74 bits per heavy atom. The predicted molar refractivity (Wildman–Crippen MR) is 77.3 cm³/mol. The number of carboxylic acids is 1. The molecule has 2 rings (SSSR count). The molecule has 1 aliphatic rings. The maximum Gasteiger partial charge on any atom is 0.331 e. The van der Waals surface area contributed by atoms with Crippen molar-refractivity contribution >= 4 is 5.97 Å². The zero-order chi connectivity index (χ0) is 13.8. The number of rotatable bonds is 3. The first kappa shape index (κ1) is 13.9. The normalized spacial score (nSPS) is 24.2. The van der Waals surface area contributed by atoms with Crippen LogP contribution in [0, 0.1) is 12.8 Å². The highest BCUT2D eigenvalue weighted by Gasteiger charge is 2.27. The Bertz CT molecular complexity index is 463. The second-order valence-electron chi connectivity index (χ2n) is 5.51. The van der Waals surface area contributed by atoms with E-state index in [2.05, 4.69) is 31.2 Å². The van der Waals surface area contributed by atoms with Gasteiger partial charge in [-0.05, 0) is 56.9 Å². The van der Waals surface area contributed by atoms with Crippen LogP contribution in [-0.4, -0.2) is 11.1 Å². The van der Waals surface area contributed by atoms with Gasteiger partial charge in [-0.3, -0.25) is 0 Å². The molecule has 19 heavy (non-hydrogen) atoms. The predicted octanol–water partition coefficient (Wildman–Crippen LogP) is 4.30. The second kappa shape index (κ2) is 6.05. The van der Waals surface area contributed by atoms with Crippen LogP contribution in [0.25, 0.3) is 0 Å². The standard InChI is InChI=1S/C17H22O2/c1-3-16(17(18)19)15-10-8-14(9-11-15)13-6-4-12(2)5-7-13/h3-7,14-15H,8-11H2,1-2H3,(H,18,19). The highest BCUT2D eigenvalue weighted by atomic mass is 16.4. The zero-order valence-electron chi connectivity index (χ0n) is 11.7. The van der Waals surface area contributed by atoms with Gasteiger partial charge in [0.25, 0.3) is 0 Å². The molecule has 2 heteroatoms. The molecule has 0 radical (unpaired) electrons. The summed E-state index contributed by atoms with van der Waals surface area (Å²) in [7, 11) is 0. The second-order valence-corrected chi connectivity index (χ2v) is 5.51. The van der Waals surface area contributed by atoms with Gasteiger partial charge in [0.15, 0.2) is 0 Å². The van der Waals surface area contributed by atoms with Gasteiger partial charge in [-0.2, -0.15) is 0 Å². The summed E-state index contributed by atoms with van der Waals surface area (Å²) in [6.07, 6.45) is 5.94. The van der Waals surface area contributed by atoms with Crippen LogP contribution in [0.4, 0.5) is 0 Å². The highest BCUT2D eigenvalue weighted by Crippen LogP contribution is 2.38. The zero-order valence-corrected chi connectivity index (χ0v) is 11.7. The summed E-state index contributed by atoms with van der Waals surface area (Å²) in [6, 6.07) is 8.76. The van der Waals surface area contributed by atoms with Crippen LogP contribution >= 0.6 is 0 Å². The van der Waals surface area contributed by atoms with Gasteiger partial charge in [-0.15, -0.1) is 0 Å². The lowest BCUT2D eigenvalue weighted by atomic mass is 9.76. The van der Waals surface area contributed by atoms with Gasteiger partial charge in [0.05, 0.1) is 0 Å². The van der Waals surface area contributed by atoms with E-state index in [1.165, 1.54) is 11.1 Å². The van der Waals surface area contributed by atoms with Crippen LogP contribution in [0.15, 0.2) is 35.9 Å². The van der Waals surface area contributed by atoms with Crippen molar-refractivity contribution < 1.29 is 9.90 Å². The Morgan fingerprint density at radius 1 is 1.16 bits per heavy atom. The molecule has 1 N–H and O–H groups in total. The molecule has 0 aliphatic heterocycles. The number of allylic oxidation sites excluding steroid dienone is 1. The van der Waals surface area contributed by atoms with Crippen molar-refractivity contribution in [3.05, 3.63) is 47.0 Å². The van der Waals surface area contributed by atoms with Crippen molar-refractivity contribution in [2.45, 2.75) is 45.4 Å². The van der Waals surface area contributed by atoms with E-state index in [0.717, 1.165) is 25.7 Å². The molecule has 0 spiro atoms. The number of benzene rings is 1. The van der Waals surface area contributed by atoms with Crippen molar-refractivity contribution in [2.75, 3.05) is 0 Å². The average Bonchev–Trinajstić information content (AvgIpc) is 2.41. The van der Waals surface area contributed by atoms with Gasteiger partial charge in [-0.25, -0.2) is 4.79 Å². The molecule has 0 heterocycles. The number of carbonyl (C=O) groups is 1. The molecule has 0 unspecified atom stereocenters. The van der Waals surface area contributed by atoms with Gasteiger partial charge < -0.3 is 5.11 Å². The number of aryl methyl sites for hydroxylation is 1. The average molecular weight is 258 g/mol. The van der Waals surface area contributed by atoms with Crippen LogP contribution < -0.4 is 0 Å². The van der Waals surface area contributed by atoms with Gasteiger partial charge in [0.1, 0.15) is 0 Å². The lowest BCUT2D eigenvalue weighted by Gasteiger charge is -2.29. The molecule has 1 aliphatic carbocycles. The van der Waals surface area contributed by atoms with Crippen molar-refractivity contribution in [1.82, 2.24) is 0 Å². The third-order valence-electron chi connectivity index (χ3n) is 4.27. The van der Waals surface area contributed by atoms with E-state index in [4.69, 9.17) is 0 Å². The Morgan fingerprint density at radius 3 is 2.21 bits per heavy atom. The number of aliphatic carboxylic acids is 1. The Labute approximate surface area is 115 Å². The third kappa shape index (κ3) is 3.25. The van der Waals surface area contributed by atoms with Crippen molar-refractivity contribution in [1.29, 1.82) is 0 Å². The molecular formula is C17H22O2. The summed E-state index contributed by atoms with van der Waals surface area (Å²) >= 11 is 0. The summed E-state index contributed by atoms with van der Waals surface area (Å²) in [5.74, 6) is 0.0919. The Balaban J connectivity index is 1.99. The van der Waals surface area contributed by atoms with Gasteiger partial charge in [-0.1, -0.05) is 35.9 Å². The van der Waals surface area contributed by atoms with E-state index in [0.29, 0.717) is 11.5 Å². The SMILES string of the molecule is CC=C(C(=O)O)C1CCC(c2ccc(C)cc2)CC1. The third-order valence-corrected chi connectivity index (χ3v) is 4.27. The number of hydrogen-bond acceptors (Lipinski definition) is 1. The molecule has 1 saturated carbocycles. The first-order valence-corrected chi connectivity index (χ1v) is 7.08. The molecule has 0 bridgehead atoms. The van der Waals surface area contributed by atoms with Crippen LogP contribution in [0.2, 0.25) is 0 Å². The molecular weight excluding hydrogens is 236 g/mol. The van der Waals surface area contributed by atoms with Crippen molar-refractivity contribution in [2.24, 2.45) is 5.92 Å². The summed E-state index contributed by atoms with van der Waals surface area (Å²) in [6.45, 7) is 3.93. The van der Waals surface area contributed by atoms with E-state index < -0.39 is 5.97 Å². The van der Waals surface area contributed by atoms with E-state index >= 15 is 0 Å². The monoisotopic (exact) mass is 258 g/mol. The van der Waals surface area contributed by atoms with Gasteiger partial charge >= 0.3 is 5.97 Å². The summed E-state index contributed by atoms with van der Waals surface area (Å²) in [5.41, 5.74) is 3.29. The fourth-order valence-corrected chi connectivity index (χ4v) is 3.11. The lowest BCUT2D eigenvalue weighted by molar-refractivity contribution is -0.133. The van der Waals surface area contributed by atoms with E-state index in [9.17, 15) is 9.90 Å². The molecule has 0 atom stereocenters. The van der Waals surface area contributed by atoms with E-state index in [-0.39, 0.29) is 5.92 Å². The summed E-state index contributed by atoms with van der Waals surface area (Å²) < 4.78 is 0. The van der Waals surface area contributed by atoms with Crippen LogP contribution in [0.5, 0.6) is 0 Å². The van der Waals surface area contributed by atoms with Gasteiger partial charge in [0, 0.05) is 5.57 Å². The van der Waals surface area contributed by atoms with E-state index in [1.807, 2.05) is 6.92 Å². The topological polar surface area (TPSA) is 37.3 Å². The quantitative estimate of drug-likeness (QED) is 0.821. The first-order valence-electron chi connectivity index (χ1n) is 7.08. The van der Waals surface area contributed by atoms with Crippen LogP contribution in [-0.2, 0) is 4.79 Å². The Kier molecular flexibility index (Phi) is 4.41. The minimum Gasteiger partial charge on any atom is -0.478 e. The summed E-state index contributed by atoms with van der Waals surface area (Å²) in [5, 5.41) is 9.17. The van der Waals surface area contributed by atoms with Crippen LogP contribution in [0.3, 0.4) is 0 Å². The highest BCUT2D eigenvalue weighted by molar-refractivity contribution is 5.87. The molecule has 0 amide bonds. The molecule has 1 aromatic carbocycles. The summed E-state index contributed by atoms with van der Waals surface area (Å²) in [4.78, 5) is 11.2. The van der Waals surface area contributed by atoms with E-state index in [1.54, 1.807) is 6.08 Å². The van der Waals surface area contributed by atoms with Gasteiger partial charge in [0.2, 0.25) is 0 Å². The molecule has 1 aromatic rings. The first-order chi connectivity index (χ1) is 9.11. The lowest BCUT2D eigenvalue weighted by Crippen LogP contribution is -2.19. The van der Waals surface area contributed by atoms with Crippen LogP contribution in [0.1, 0.15) is 49.7 Å². The fraction of sp³-hybridized carbons (Fsp3) is 0.471. The molecule has 2 nitrogen and oxygen atoms in total. The smallest absolute Gasteiger partial charge is 0.331 e. The molecule has 1 fully saturated rings. The molecule has 0 aromatic heterocycles. The largest absolute Gasteiger partial charge is 0.478 e. The minimum absolute atomic E-state index is 0.240. The number of hydrogen-bond donors (Lipinski definition) is 1. The number of carboxylic acid groups (broad SMARTS) is 1. The maximum atomic E-state index is 11.2. The van der Waals surface area contributed by atoms with Crippen molar-refractivity contribution in [3.63, 3.8) is 0 Å². The fourth-order valence-electron chi connectivity index (χ4n) is 3.11. The minimum atomic E-state index is -0.749. The maximum absolute atomic E-state index is 11.2. The molecule has 102 valence electrons. The molecule has 0 saturated heterocycles. The Hall–Kier alpha value is -1.57. The van der Waals surface area contributed by atoms with Crippen molar-refractivity contribution in [3.8, 4) is 0 Å².